The Labute approximate surface area is 120 Å². The van der Waals surface area contributed by atoms with Crippen molar-refractivity contribution in [2.45, 2.75) is 39.3 Å². The first kappa shape index (κ1) is 14.9. The SMILES string of the molecule is CC(C)Nc1ccccc1C(=O)N1CCC(C)C(O)C1. The van der Waals surface area contributed by atoms with E-state index in [1.807, 2.05) is 45.0 Å². The van der Waals surface area contributed by atoms with Crippen LogP contribution >= 0.6 is 0 Å². The van der Waals surface area contributed by atoms with Crippen LogP contribution in [0.25, 0.3) is 0 Å². The number of para-hydroxylation sites is 1. The van der Waals surface area contributed by atoms with E-state index in [0.29, 0.717) is 18.7 Å². The average Bonchev–Trinajstić information content (AvgIpc) is 2.41. The van der Waals surface area contributed by atoms with Gasteiger partial charge in [0.25, 0.3) is 5.91 Å². The van der Waals surface area contributed by atoms with Gasteiger partial charge in [-0.05, 0) is 38.3 Å². The summed E-state index contributed by atoms with van der Waals surface area (Å²) in [7, 11) is 0. The van der Waals surface area contributed by atoms with Crippen molar-refractivity contribution < 1.29 is 9.90 Å². The molecule has 1 aliphatic heterocycles. The van der Waals surface area contributed by atoms with Gasteiger partial charge in [-0.2, -0.15) is 0 Å². The molecule has 2 rings (SSSR count). The minimum Gasteiger partial charge on any atom is -0.391 e. The van der Waals surface area contributed by atoms with Crippen LogP contribution in [-0.2, 0) is 0 Å². The summed E-state index contributed by atoms with van der Waals surface area (Å²) in [4.78, 5) is 14.4. The Morgan fingerprint density at radius 3 is 2.75 bits per heavy atom. The Morgan fingerprint density at radius 2 is 2.10 bits per heavy atom. The molecule has 1 amide bonds. The van der Waals surface area contributed by atoms with Crippen LogP contribution in [0, 0.1) is 5.92 Å². The molecule has 0 aromatic heterocycles. The first-order chi connectivity index (χ1) is 9.49. The lowest BCUT2D eigenvalue weighted by molar-refractivity contribution is 0.0249. The van der Waals surface area contributed by atoms with Crippen LogP contribution in [0.4, 0.5) is 5.69 Å². The predicted octanol–water partition coefficient (Wildman–Crippen LogP) is 2.35. The van der Waals surface area contributed by atoms with E-state index >= 15 is 0 Å². The standard InChI is InChI=1S/C16H24N2O2/c1-11(2)17-14-7-5-4-6-13(14)16(20)18-9-8-12(3)15(19)10-18/h4-7,11-12,15,17,19H,8-10H2,1-3H3. The highest BCUT2D eigenvalue weighted by molar-refractivity contribution is 5.99. The smallest absolute Gasteiger partial charge is 0.256 e. The summed E-state index contributed by atoms with van der Waals surface area (Å²) >= 11 is 0. The Balaban J connectivity index is 2.17. The molecule has 2 atom stereocenters. The van der Waals surface area contributed by atoms with Crippen LogP contribution in [0.2, 0.25) is 0 Å². The number of nitrogens with zero attached hydrogens (tertiary/aromatic N) is 1. The molecule has 1 heterocycles. The van der Waals surface area contributed by atoms with Gasteiger partial charge in [-0.25, -0.2) is 0 Å². The highest BCUT2D eigenvalue weighted by Gasteiger charge is 2.28. The number of β-amino-alcohol motifs (C(OH)–C–C–N with tert-alkyl or cyclic N) is 1. The number of aliphatic hydroxyl groups excluding tert-OH is 1. The molecule has 1 aliphatic rings. The van der Waals surface area contributed by atoms with Gasteiger partial charge in [0, 0.05) is 24.8 Å². The zero-order chi connectivity index (χ0) is 14.7. The van der Waals surface area contributed by atoms with Crippen molar-refractivity contribution in [2.24, 2.45) is 5.92 Å². The van der Waals surface area contributed by atoms with Gasteiger partial charge < -0.3 is 15.3 Å². The number of aliphatic hydroxyl groups is 1. The summed E-state index contributed by atoms with van der Waals surface area (Å²) < 4.78 is 0. The van der Waals surface area contributed by atoms with E-state index in [2.05, 4.69) is 5.32 Å². The van der Waals surface area contributed by atoms with Crippen molar-refractivity contribution >= 4 is 11.6 Å². The van der Waals surface area contributed by atoms with Gasteiger partial charge in [-0.1, -0.05) is 19.1 Å². The van der Waals surface area contributed by atoms with Gasteiger partial charge in [0.15, 0.2) is 0 Å². The molecule has 0 saturated carbocycles. The molecule has 2 N–H and O–H groups in total. The van der Waals surface area contributed by atoms with Crippen LogP contribution in [-0.4, -0.2) is 41.1 Å². The minimum atomic E-state index is -0.419. The second-order valence-electron chi connectivity index (χ2n) is 5.93. The fourth-order valence-electron chi connectivity index (χ4n) is 2.51. The van der Waals surface area contributed by atoms with Crippen molar-refractivity contribution in [3.05, 3.63) is 29.8 Å². The first-order valence-corrected chi connectivity index (χ1v) is 7.32. The number of hydrogen-bond donors (Lipinski definition) is 2. The molecule has 0 bridgehead atoms. The monoisotopic (exact) mass is 276 g/mol. The second kappa shape index (κ2) is 6.27. The number of hydrogen-bond acceptors (Lipinski definition) is 3. The third kappa shape index (κ3) is 3.31. The van der Waals surface area contributed by atoms with E-state index in [4.69, 9.17) is 0 Å². The highest BCUT2D eigenvalue weighted by atomic mass is 16.3. The number of nitrogens with one attached hydrogen (secondary N) is 1. The lowest BCUT2D eigenvalue weighted by Crippen LogP contribution is -2.46. The Kier molecular flexibility index (Phi) is 4.65. The lowest BCUT2D eigenvalue weighted by atomic mass is 9.95. The van der Waals surface area contributed by atoms with Crippen LogP contribution in [0.1, 0.15) is 37.6 Å². The summed E-state index contributed by atoms with van der Waals surface area (Å²) in [6.07, 6.45) is 0.435. The van der Waals surface area contributed by atoms with E-state index in [0.717, 1.165) is 12.1 Å². The van der Waals surface area contributed by atoms with Crippen molar-refractivity contribution in [3.8, 4) is 0 Å². The fraction of sp³-hybridized carbons (Fsp3) is 0.562. The van der Waals surface area contributed by atoms with Crippen LogP contribution in [0.15, 0.2) is 24.3 Å². The van der Waals surface area contributed by atoms with E-state index in [-0.39, 0.29) is 17.9 Å². The van der Waals surface area contributed by atoms with Gasteiger partial charge >= 0.3 is 0 Å². The molecule has 0 radical (unpaired) electrons. The summed E-state index contributed by atoms with van der Waals surface area (Å²) in [6.45, 7) is 7.27. The summed E-state index contributed by atoms with van der Waals surface area (Å²) in [5.41, 5.74) is 1.54. The van der Waals surface area contributed by atoms with Gasteiger partial charge in [0.2, 0.25) is 0 Å². The molecule has 4 nitrogen and oxygen atoms in total. The molecular weight excluding hydrogens is 252 g/mol. The van der Waals surface area contributed by atoms with Crippen LogP contribution in [0.3, 0.4) is 0 Å². The number of carbonyl (C=O) groups excluding carboxylic acids is 1. The number of rotatable bonds is 3. The molecule has 0 aliphatic carbocycles. The number of piperidine rings is 1. The normalized spacial score (nSPS) is 22.9. The quantitative estimate of drug-likeness (QED) is 0.891. The number of likely N-dealkylation sites (tertiary alicyclic amines) is 1. The van der Waals surface area contributed by atoms with Crippen molar-refractivity contribution in [2.75, 3.05) is 18.4 Å². The minimum absolute atomic E-state index is 0.000278. The molecule has 1 aromatic rings. The third-order valence-corrected chi connectivity index (χ3v) is 3.81. The number of amides is 1. The number of carbonyl (C=O) groups is 1. The van der Waals surface area contributed by atoms with Crippen LogP contribution < -0.4 is 5.32 Å². The van der Waals surface area contributed by atoms with Crippen LogP contribution in [0.5, 0.6) is 0 Å². The van der Waals surface area contributed by atoms with Gasteiger partial charge in [0.05, 0.1) is 11.7 Å². The molecule has 4 heteroatoms. The van der Waals surface area contributed by atoms with Crippen molar-refractivity contribution in [1.29, 1.82) is 0 Å². The molecule has 0 spiro atoms. The van der Waals surface area contributed by atoms with E-state index < -0.39 is 6.10 Å². The van der Waals surface area contributed by atoms with Gasteiger partial charge in [-0.15, -0.1) is 0 Å². The number of benzene rings is 1. The molecule has 20 heavy (non-hydrogen) atoms. The largest absolute Gasteiger partial charge is 0.391 e. The Bertz CT molecular complexity index is 473. The maximum Gasteiger partial charge on any atom is 0.256 e. The Morgan fingerprint density at radius 1 is 1.40 bits per heavy atom. The number of anilines is 1. The third-order valence-electron chi connectivity index (χ3n) is 3.81. The molecule has 1 fully saturated rings. The van der Waals surface area contributed by atoms with Crippen molar-refractivity contribution in [3.63, 3.8) is 0 Å². The topological polar surface area (TPSA) is 52.6 Å². The maximum absolute atomic E-state index is 12.6. The molecule has 110 valence electrons. The molecular formula is C16H24N2O2. The van der Waals surface area contributed by atoms with Crippen molar-refractivity contribution in [1.82, 2.24) is 4.90 Å². The lowest BCUT2D eigenvalue weighted by Gasteiger charge is -2.34. The second-order valence-corrected chi connectivity index (χ2v) is 5.93. The van der Waals surface area contributed by atoms with E-state index in [1.165, 1.54) is 0 Å². The van der Waals surface area contributed by atoms with Gasteiger partial charge in [0.1, 0.15) is 0 Å². The maximum atomic E-state index is 12.6. The van der Waals surface area contributed by atoms with E-state index in [1.54, 1.807) is 4.90 Å². The summed E-state index contributed by atoms with van der Waals surface area (Å²) in [5.74, 6) is 0.266. The van der Waals surface area contributed by atoms with Gasteiger partial charge in [-0.3, -0.25) is 4.79 Å². The molecule has 1 aromatic carbocycles. The fourth-order valence-corrected chi connectivity index (χ4v) is 2.51. The Hall–Kier alpha value is -1.55. The summed E-state index contributed by atoms with van der Waals surface area (Å²) in [6, 6.07) is 7.85. The zero-order valence-electron chi connectivity index (χ0n) is 12.5. The summed E-state index contributed by atoms with van der Waals surface area (Å²) in [5, 5.41) is 13.3. The zero-order valence-corrected chi connectivity index (χ0v) is 12.5. The first-order valence-electron chi connectivity index (χ1n) is 7.32. The average molecular weight is 276 g/mol. The predicted molar refractivity (Wildman–Crippen MR) is 80.9 cm³/mol. The van der Waals surface area contributed by atoms with E-state index in [9.17, 15) is 9.90 Å². The molecule has 2 unspecified atom stereocenters. The highest BCUT2D eigenvalue weighted by Crippen LogP contribution is 2.22. The molecule has 1 saturated heterocycles.